The molecule has 0 aromatic carbocycles. The first-order chi connectivity index (χ1) is 11.0. The predicted octanol–water partition coefficient (Wildman–Crippen LogP) is 4.39. The van der Waals surface area contributed by atoms with Crippen LogP contribution < -0.4 is 0 Å². The van der Waals surface area contributed by atoms with E-state index < -0.39 is 0 Å². The lowest BCUT2D eigenvalue weighted by molar-refractivity contribution is -0.0943. The van der Waals surface area contributed by atoms with Gasteiger partial charge in [0.15, 0.2) is 0 Å². The molecule has 4 aliphatic rings. The zero-order valence-electron chi connectivity index (χ0n) is 14.6. The van der Waals surface area contributed by atoms with Gasteiger partial charge in [0.05, 0.1) is 5.71 Å². The summed E-state index contributed by atoms with van der Waals surface area (Å²) in [6.07, 6.45) is 12.0. The van der Waals surface area contributed by atoms with E-state index in [4.69, 9.17) is 5.21 Å². The Balaban J connectivity index is 1.74. The van der Waals surface area contributed by atoms with Crippen LogP contribution in [-0.4, -0.2) is 22.6 Å². The smallest absolute Gasteiger partial charge is 0.0795 e. The lowest BCUT2D eigenvalue weighted by Crippen LogP contribution is -2.54. The standard InChI is InChI=1S/C20H31NO2/c1-19-8-3-4-17(19)18-16(7-9-19)15-6-5-14(21-23)10-13(15)11-20(18,2)12-22/h10,15-18,22-23H,3-9,11-12H2,1-2H3/b21-14+/t15-,16+,17+,18+,19-,20+/m0/s1. The van der Waals surface area contributed by atoms with E-state index in [9.17, 15) is 5.11 Å². The number of nitrogens with zero attached hydrogens (tertiary/aromatic N) is 1. The Morgan fingerprint density at radius 2 is 2.04 bits per heavy atom. The van der Waals surface area contributed by atoms with Gasteiger partial charge in [-0.15, -0.1) is 0 Å². The van der Waals surface area contributed by atoms with Crippen LogP contribution in [0.2, 0.25) is 0 Å². The van der Waals surface area contributed by atoms with Gasteiger partial charge in [-0.1, -0.05) is 31.0 Å². The molecular formula is C20H31NO2. The highest BCUT2D eigenvalue weighted by Crippen LogP contribution is 2.66. The first-order valence-electron chi connectivity index (χ1n) is 9.53. The van der Waals surface area contributed by atoms with Crippen LogP contribution in [0.5, 0.6) is 0 Å². The minimum absolute atomic E-state index is 0.00158. The fraction of sp³-hybridized carbons (Fsp3) is 0.850. The van der Waals surface area contributed by atoms with Crippen molar-refractivity contribution < 1.29 is 10.3 Å². The third kappa shape index (κ3) is 2.22. The third-order valence-electron chi connectivity index (χ3n) is 8.06. The average molecular weight is 317 g/mol. The van der Waals surface area contributed by atoms with Gasteiger partial charge in [-0.2, -0.15) is 0 Å². The summed E-state index contributed by atoms with van der Waals surface area (Å²) in [5, 5.41) is 22.9. The lowest BCUT2D eigenvalue weighted by atomic mass is 9.45. The summed E-state index contributed by atoms with van der Waals surface area (Å²) in [4.78, 5) is 0. The molecule has 3 fully saturated rings. The molecular weight excluding hydrogens is 286 g/mol. The molecule has 0 bridgehead atoms. The van der Waals surface area contributed by atoms with Crippen molar-refractivity contribution in [2.24, 2.45) is 39.7 Å². The Morgan fingerprint density at radius 3 is 2.78 bits per heavy atom. The SMILES string of the molecule is C[C@]1(CO)CC2=C/C(=N/O)CC[C@@H]2[C@H]2CC[C@]3(C)CCC[C@@H]3[C@@H]21. The minimum Gasteiger partial charge on any atom is -0.411 e. The molecule has 0 amide bonds. The van der Waals surface area contributed by atoms with Crippen molar-refractivity contribution >= 4 is 5.71 Å². The largest absolute Gasteiger partial charge is 0.411 e. The Labute approximate surface area is 139 Å². The van der Waals surface area contributed by atoms with Gasteiger partial charge in [0.1, 0.15) is 0 Å². The van der Waals surface area contributed by atoms with E-state index in [1.54, 1.807) is 0 Å². The number of oxime groups is 1. The number of aliphatic hydroxyl groups excluding tert-OH is 1. The second kappa shape index (κ2) is 5.34. The molecule has 3 heteroatoms. The van der Waals surface area contributed by atoms with Crippen molar-refractivity contribution in [3.05, 3.63) is 11.6 Å². The summed E-state index contributed by atoms with van der Waals surface area (Å²) in [6, 6.07) is 0. The lowest BCUT2D eigenvalue weighted by Gasteiger charge is -2.59. The molecule has 23 heavy (non-hydrogen) atoms. The topological polar surface area (TPSA) is 52.8 Å². The van der Waals surface area contributed by atoms with Gasteiger partial charge in [-0.25, -0.2) is 0 Å². The molecule has 0 spiro atoms. The molecule has 0 aromatic heterocycles. The minimum atomic E-state index is 0.00158. The van der Waals surface area contributed by atoms with Crippen molar-refractivity contribution in [2.75, 3.05) is 6.61 Å². The number of aliphatic hydroxyl groups is 1. The first-order valence-corrected chi connectivity index (χ1v) is 9.53. The molecule has 2 N–H and O–H groups in total. The van der Waals surface area contributed by atoms with Crippen molar-refractivity contribution in [1.29, 1.82) is 0 Å². The summed E-state index contributed by atoms with van der Waals surface area (Å²) in [5.41, 5.74) is 2.80. The Bertz CT molecular complexity index is 554. The monoisotopic (exact) mass is 317 g/mol. The van der Waals surface area contributed by atoms with Crippen molar-refractivity contribution in [1.82, 2.24) is 0 Å². The van der Waals surface area contributed by atoms with Crippen molar-refractivity contribution in [3.63, 3.8) is 0 Å². The van der Waals surface area contributed by atoms with Gasteiger partial charge in [0, 0.05) is 6.61 Å². The zero-order chi connectivity index (χ0) is 16.2. The van der Waals surface area contributed by atoms with Crippen LogP contribution in [0, 0.1) is 34.5 Å². The van der Waals surface area contributed by atoms with Gasteiger partial charge >= 0.3 is 0 Å². The van der Waals surface area contributed by atoms with Crippen LogP contribution in [-0.2, 0) is 0 Å². The van der Waals surface area contributed by atoms with Crippen LogP contribution in [0.15, 0.2) is 16.8 Å². The number of rotatable bonds is 1. The second-order valence-corrected chi connectivity index (χ2v) is 9.33. The van der Waals surface area contributed by atoms with E-state index in [2.05, 4.69) is 25.1 Å². The number of allylic oxidation sites excluding steroid dienone is 2. The van der Waals surface area contributed by atoms with Gasteiger partial charge in [-0.05, 0) is 85.5 Å². The predicted molar refractivity (Wildman–Crippen MR) is 91.5 cm³/mol. The van der Waals surface area contributed by atoms with E-state index >= 15 is 0 Å². The van der Waals surface area contributed by atoms with Crippen molar-refractivity contribution in [3.8, 4) is 0 Å². The molecule has 4 aliphatic carbocycles. The average Bonchev–Trinajstić information content (AvgIpc) is 2.95. The molecule has 0 saturated heterocycles. The maximum atomic E-state index is 10.3. The Hall–Kier alpha value is -0.830. The molecule has 6 atom stereocenters. The Morgan fingerprint density at radius 1 is 1.22 bits per heavy atom. The molecule has 0 unspecified atom stereocenters. The summed E-state index contributed by atoms with van der Waals surface area (Å²) >= 11 is 0. The second-order valence-electron chi connectivity index (χ2n) is 9.33. The van der Waals surface area contributed by atoms with Crippen LogP contribution >= 0.6 is 0 Å². The van der Waals surface area contributed by atoms with E-state index in [0.717, 1.165) is 36.8 Å². The molecule has 4 rings (SSSR count). The highest BCUT2D eigenvalue weighted by molar-refractivity contribution is 5.96. The quantitative estimate of drug-likeness (QED) is 0.557. The van der Waals surface area contributed by atoms with Gasteiger partial charge in [0.2, 0.25) is 0 Å². The maximum Gasteiger partial charge on any atom is 0.0795 e. The Kier molecular flexibility index (Phi) is 3.64. The normalized spacial score (nSPS) is 50.9. The van der Waals surface area contributed by atoms with E-state index in [0.29, 0.717) is 17.3 Å². The van der Waals surface area contributed by atoms with Gasteiger partial charge in [0.25, 0.3) is 0 Å². The summed E-state index contributed by atoms with van der Waals surface area (Å²) in [6.45, 7) is 5.12. The number of fused-ring (bicyclic) bond motifs is 5. The number of hydrogen-bond donors (Lipinski definition) is 2. The highest BCUT2D eigenvalue weighted by Gasteiger charge is 2.58. The van der Waals surface area contributed by atoms with E-state index in [1.807, 2.05) is 0 Å². The molecule has 0 radical (unpaired) electrons. The van der Waals surface area contributed by atoms with Gasteiger partial charge < -0.3 is 10.3 Å². The van der Waals surface area contributed by atoms with Crippen LogP contribution in [0.3, 0.4) is 0 Å². The molecule has 3 nitrogen and oxygen atoms in total. The molecule has 0 heterocycles. The summed E-state index contributed by atoms with van der Waals surface area (Å²) in [5.74, 6) is 2.86. The fourth-order valence-corrected chi connectivity index (χ4v) is 6.99. The highest BCUT2D eigenvalue weighted by atomic mass is 16.4. The molecule has 0 aliphatic heterocycles. The summed E-state index contributed by atoms with van der Waals surface area (Å²) in [7, 11) is 0. The van der Waals surface area contributed by atoms with Gasteiger partial charge in [-0.3, -0.25) is 0 Å². The first kappa shape index (κ1) is 15.7. The molecule has 128 valence electrons. The molecule has 3 saturated carbocycles. The maximum absolute atomic E-state index is 10.3. The summed E-state index contributed by atoms with van der Waals surface area (Å²) < 4.78 is 0. The zero-order valence-corrected chi connectivity index (χ0v) is 14.6. The van der Waals surface area contributed by atoms with E-state index in [-0.39, 0.29) is 12.0 Å². The van der Waals surface area contributed by atoms with Crippen LogP contribution in [0.4, 0.5) is 0 Å². The van der Waals surface area contributed by atoms with Crippen LogP contribution in [0.25, 0.3) is 0 Å². The number of hydrogen-bond acceptors (Lipinski definition) is 3. The third-order valence-corrected chi connectivity index (χ3v) is 8.06. The molecule has 0 aromatic rings. The van der Waals surface area contributed by atoms with Crippen molar-refractivity contribution in [2.45, 2.75) is 65.2 Å². The fourth-order valence-electron chi connectivity index (χ4n) is 6.99. The van der Waals surface area contributed by atoms with E-state index in [1.165, 1.54) is 37.7 Å². The van der Waals surface area contributed by atoms with Crippen LogP contribution in [0.1, 0.15) is 65.2 Å².